The zero-order valence-corrected chi connectivity index (χ0v) is 19.1. The smallest absolute Gasteiger partial charge is 0.165 e. The number of hydrogen-bond acceptors (Lipinski definition) is 4. The first-order chi connectivity index (χ1) is 14.5. The molecular weight excluding hydrogens is 396 g/mol. The first-order valence-electron chi connectivity index (χ1n) is 11.0. The Morgan fingerprint density at radius 3 is 2.73 bits per heavy atom. The molecule has 0 saturated heterocycles. The van der Waals surface area contributed by atoms with Crippen LogP contribution in [0.5, 0.6) is 5.75 Å². The van der Waals surface area contributed by atoms with Crippen molar-refractivity contribution in [1.29, 1.82) is 0 Å². The van der Waals surface area contributed by atoms with E-state index in [2.05, 4.69) is 35.1 Å². The number of anilines is 1. The van der Waals surface area contributed by atoms with Crippen LogP contribution in [0.15, 0.2) is 30.6 Å². The molecule has 1 aromatic carbocycles. The predicted octanol–water partition coefficient (Wildman–Crippen LogP) is 5.88. The Hall–Kier alpha value is -2.27. The van der Waals surface area contributed by atoms with Crippen molar-refractivity contribution in [3.8, 4) is 17.0 Å². The van der Waals surface area contributed by atoms with Gasteiger partial charge in [-0.05, 0) is 42.9 Å². The summed E-state index contributed by atoms with van der Waals surface area (Å²) in [7, 11) is 1.64. The lowest BCUT2D eigenvalue weighted by atomic mass is 10.1. The number of hydrogen-bond donors (Lipinski definition) is 0. The molecule has 2 heterocycles. The van der Waals surface area contributed by atoms with E-state index in [1.165, 1.54) is 25.1 Å². The lowest BCUT2D eigenvalue weighted by Crippen LogP contribution is -2.31. The van der Waals surface area contributed by atoms with Crippen LogP contribution in [0.1, 0.15) is 45.7 Å². The van der Waals surface area contributed by atoms with Gasteiger partial charge in [0.25, 0.3) is 0 Å². The summed E-state index contributed by atoms with van der Waals surface area (Å²) in [6, 6.07) is 5.70. The van der Waals surface area contributed by atoms with Crippen molar-refractivity contribution in [2.45, 2.75) is 46.5 Å². The molecule has 0 bridgehead atoms. The van der Waals surface area contributed by atoms with Gasteiger partial charge in [0.1, 0.15) is 17.3 Å². The molecule has 1 fully saturated rings. The van der Waals surface area contributed by atoms with E-state index in [1.807, 2.05) is 30.6 Å². The summed E-state index contributed by atoms with van der Waals surface area (Å²) in [5.74, 6) is 3.42. The summed E-state index contributed by atoms with van der Waals surface area (Å²) in [6.45, 7) is 8.83. The highest BCUT2D eigenvalue weighted by Gasteiger charge is 2.25. The Kier molecular flexibility index (Phi) is 6.19. The van der Waals surface area contributed by atoms with Crippen molar-refractivity contribution < 1.29 is 4.74 Å². The summed E-state index contributed by atoms with van der Waals surface area (Å²) in [6.07, 6.45) is 8.78. The predicted molar refractivity (Wildman–Crippen MR) is 124 cm³/mol. The largest absolute Gasteiger partial charge is 0.497 e. The molecule has 1 aliphatic rings. The monoisotopic (exact) mass is 426 g/mol. The number of nitrogens with zero attached hydrogens (tertiary/aromatic N) is 4. The molecule has 160 valence electrons. The van der Waals surface area contributed by atoms with Crippen LogP contribution in [0.3, 0.4) is 0 Å². The highest BCUT2D eigenvalue weighted by molar-refractivity contribution is 6.33. The number of ether oxygens (including phenoxy) is 1. The quantitative estimate of drug-likeness (QED) is 0.428. The van der Waals surface area contributed by atoms with Crippen molar-refractivity contribution >= 4 is 23.1 Å². The summed E-state index contributed by atoms with van der Waals surface area (Å²) in [5, 5.41) is 0.616. The lowest BCUT2D eigenvalue weighted by molar-refractivity contribution is 0.415. The van der Waals surface area contributed by atoms with E-state index in [-0.39, 0.29) is 0 Å². The van der Waals surface area contributed by atoms with E-state index in [9.17, 15) is 0 Å². The normalized spacial score (nSPS) is 13.9. The second kappa shape index (κ2) is 8.84. The van der Waals surface area contributed by atoms with Gasteiger partial charge in [0, 0.05) is 31.0 Å². The Balaban J connectivity index is 1.81. The van der Waals surface area contributed by atoms with E-state index in [1.54, 1.807) is 7.11 Å². The van der Waals surface area contributed by atoms with Gasteiger partial charge in [0.05, 0.1) is 17.8 Å². The van der Waals surface area contributed by atoms with Gasteiger partial charge in [-0.3, -0.25) is 9.38 Å². The topological polar surface area (TPSA) is 42.7 Å². The maximum absolute atomic E-state index is 6.58. The molecule has 0 amide bonds. The van der Waals surface area contributed by atoms with Crippen LogP contribution in [-0.2, 0) is 6.42 Å². The van der Waals surface area contributed by atoms with Crippen LogP contribution in [0, 0.1) is 11.8 Å². The van der Waals surface area contributed by atoms with Crippen LogP contribution in [0.4, 0.5) is 5.82 Å². The summed E-state index contributed by atoms with van der Waals surface area (Å²) in [4.78, 5) is 12.2. The van der Waals surface area contributed by atoms with Gasteiger partial charge in [0.15, 0.2) is 5.65 Å². The van der Waals surface area contributed by atoms with E-state index in [4.69, 9.17) is 21.3 Å². The Labute approximate surface area is 184 Å². The number of fused-ring (bicyclic) bond motifs is 1. The average molecular weight is 427 g/mol. The molecule has 4 rings (SSSR count). The third-order valence-corrected chi connectivity index (χ3v) is 6.05. The zero-order valence-electron chi connectivity index (χ0n) is 18.4. The molecule has 0 N–H and O–H groups in total. The van der Waals surface area contributed by atoms with Gasteiger partial charge >= 0.3 is 0 Å². The van der Waals surface area contributed by atoms with Gasteiger partial charge in [-0.15, -0.1) is 0 Å². The molecule has 1 aliphatic carbocycles. The van der Waals surface area contributed by atoms with Gasteiger partial charge < -0.3 is 9.64 Å². The number of rotatable bonds is 9. The molecule has 0 aliphatic heterocycles. The minimum Gasteiger partial charge on any atom is -0.497 e. The standard InChI is InChI=1S/C24H31ClN4O/c1-5-21-24(28(15-16(2)3)12-10-17-6-7-17)29-13-11-26-22(23(29)27-21)19-9-8-18(30-4)14-20(19)25/h8-9,11,13-14,16-17H,5-7,10,12,15H2,1-4H3. The fourth-order valence-corrected chi connectivity index (χ4v) is 4.32. The van der Waals surface area contributed by atoms with Crippen LogP contribution < -0.4 is 9.64 Å². The van der Waals surface area contributed by atoms with Crippen LogP contribution >= 0.6 is 11.6 Å². The maximum atomic E-state index is 6.58. The zero-order chi connectivity index (χ0) is 21.3. The second-order valence-corrected chi connectivity index (χ2v) is 9.03. The molecule has 0 atom stereocenters. The van der Waals surface area contributed by atoms with Gasteiger partial charge in [0.2, 0.25) is 0 Å². The highest BCUT2D eigenvalue weighted by atomic mass is 35.5. The molecule has 0 spiro atoms. The van der Waals surface area contributed by atoms with Crippen molar-refractivity contribution in [2.75, 3.05) is 25.1 Å². The minimum atomic E-state index is 0.580. The minimum absolute atomic E-state index is 0.580. The van der Waals surface area contributed by atoms with Gasteiger partial charge in [-0.25, -0.2) is 4.98 Å². The molecule has 30 heavy (non-hydrogen) atoms. The Morgan fingerprint density at radius 2 is 2.10 bits per heavy atom. The van der Waals surface area contributed by atoms with Crippen molar-refractivity contribution in [3.63, 3.8) is 0 Å². The number of benzene rings is 1. The molecule has 0 radical (unpaired) electrons. The molecule has 3 aromatic rings. The van der Waals surface area contributed by atoms with Gasteiger partial charge in [-0.2, -0.15) is 0 Å². The average Bonchev–Trinajstić information content (AvgIpc) is 3.48. The summed E-state index contributed by atoms with van der Waals surface area (Å²) in [5.41, 5.74) is 3.65. The summed E-state index contributed by atoms with van der Waals surface area (Å²) < 4.78 is 7.51. The highest BCUT2D eigenvalue weighted by Crippen LogP contribution is 2.36. The van der Waals surface area contributed by atoms with Crippen molar-refractivity contribution in [1.82, 2.24) is 14.4 Å². The Bertz CT molecular complexity index is 1030. The fraction of sp³-hybridized carbons (Fsp3) is 0.500. The first-order valence-corrected chi connectivity index (χ1v) is 11.3. The van der Waals surface area contributed by atoms with Crippen molar-refractivity contribution in [2.24, 2.45) is 11.8 Å². The number of halogens is 1. The van der Waals surface area contributed by atoms with Crippen LogP contribution in [0.2, 0.25) is 5.02 Å². The van der Waals surface area contributed by atoms with Crippen LogP contribution in [0.25, 0.3) is 16.9 Å². The SMILES string of the molecule is CCc1nc2c(-c3ccc(OC)cc3Cl)nccn2c1N(CCC1CC1)CC(C)C. The number of imidazole rings is 1. The lowest BCUT2D eigenvalue weighted by Gasteiger charge is -2.27. The van der Waals surface area contributed by atoms with Crippen LogP contribution in [-0.4, -0.2) is 34.6 Å². The molecule has 6 heteroatoms. The molecule has 5 nitrogen and oxygen atoms in total. The fourth-order valence-electron chi connectivity index (χ4n) is 4.06. The molecular formula is C24H31ClN4O. The first kappa shape index (κ1) is 21.0. The van der Waals surface area contributed by atoms with E-state index in [0.29, 0.717) is 10.9 Å². The van der Waals surface area contributed by atoms with Gasteiger partial charge in [-0.1, -0.05) is 45.2 Å². The number of aryl methyl sites for hydroxylation is 1. The van der Waals surface area contributed by atoms with E-state index in [0.717, 1.165) is 53.8 Å². The second-order valence-electron chi connectivity index (χ2n) is 8.62. The van der Waals surface area contributed by atoms with E-state index >= 15 is 0 Å². The third kappa shape index (κ3) is 4.27. The molecule has 1 saturated carbocycles. The number of methoxy groups -OCH3 is 1. The molecule has 0 unspecified atom stereocenters. The molecule has 2 aromatic heterocycles. The Morgan fingerprint density at radius 1 is 1.30 bits per heavy atom. The summed E-state index contributed by atoms with van der Waals surface area (Å²) >= 11 is 6.58. The van der Waals surface area contributed by atoms with Crippen molar-refractivity contribution in [3.05, 3.63) is 41.3 Å². The van der Waals surface area contributed by atoms with E-state index < -0.39 is 0 Å². The third-order valence-electron chi connectivity index (χ3n) is 5.74. The number of aromatic nitrogens is 3. The maximum Gasteiger partial charge on any atom is 0.165 e.